The summed E-state index contributed by atoms with van der Waals surface area (Å²) in [5.41, 5.74) is 1.65. The van der Waals surface area contributed by atoms with Gasteiger partial charge in [-0.05, 0) is 89.1 Å². The lowest BCUT2D eigenvalue weighted by atomic mass is 9.46. The van der Waals surface area contributed by atoms with Crippen molar-refractivity contribution >= 4 is 26.5 Å². The van der Waals surface area contributed by atoms with E-state index in [1.807, 2.05) is 6.08 Å². The molecule has 0 radical (unpaired) electrons. The predicted molar refractivity (Wildman–Crippen MR) is 111 cm³/mol. The van der Waals surface area contributed by atoms with E-state index < -0.39 is 9.52 Å². The molecule has 4 aliphatic carbocycles. The molecule has 4 rings (SSSR count). The molecule has 4 aliphatic rings. The van der Waals surface area contributed by atoms with Gasteiger partial charge in [-0.1, -0.05) is 19.4 Å². The zero-order valence-corrected chi connectivity index (χ0v) is 18.1. The number of allylic oxidation sites excluding steroid dienone is 1. The maximum absolute atomic E-state index is 12.9. The Morgan fingerprint density at radius 1 is 1.07 bits per heavy atom. The van der Waals surface area contributed by atoms with Gasteiger partial charge in [0.1, 0.15) is 0 Å². The van der Waals surface area contributed by atoms with Crippen molar-refractivity contribution in [1.29, 1.82) is 0 Å². The Balaban J connectivity index is 1.63. The van der Waals surface area contributed by atoms with E-state index in [4.69, 9.17) is 0 Å². The number of hydrogen-bond acceptors (Lipinski definition) is 3. The molecule has 0 aliphatic heterocycles. The highest BCUT2D eigenvalue weighted by Crippen LogP contribution is 2.66. The highest BCUT2D eigenvalue weighted by atomic mass is 32.2. The SMILES string of the molecule is C[C@]12CC[C@H]3[C@@H](CCC4=CC(=O)CC[C@@]43C)[C@@H]1CC[C@@H]2C(=O)C=S(C)(C)=O. The molecule has 0 aromatic carbocycles. The molecule has 150 valence electrons. The Bertz CT molecular complexity index is 823. The lowest BCUT2D eigenvalue weighted by molar-refractivity contribution is -0.124. The van der Waals surface area contributed by atoms with Crippen molar-refractivity contribution in [2.75, 3.05) is 12.5 Å². The van der Waals surface area contributed by atoms with E-state index in [0.717, 1.165) is 38.5 Å². The summed E-state index contributed by atoms with van der Waals surface area (Å²) in [6.07, 6.45) is 13.6. The lowest BCUT2D eigenvalue weighted by Gasteiger charge is -2.58. The van der Waals surface area contributed by atoms with E-state index in [2.05, 4.69) is 13.8 Å². The molecule has 0 saturated heterocycles. The van der Waals surface area contributed by atoms with Crippen molar-refractivity contribution in [2.24, 2.45) is 34.5 Å². The van der Waals surface area contributed by atoms with E-state index in [1.165, 1.54) is 17.4 Å². The molecule has 0 heterocycles. The van der Waals surface area contributed by atoms with Crippen molar-refractivity contribution in [3.63, 3.8) is 0 Å². The highest BCUT2D eigenvalue weighted by molar-refractivity contribution is 8.01. The van der Waals surface area contributed by atoms with Gasteiger partial charge in [0, 0.05) is 30.2 Å². The number of ketones is 2. The third-order valence-electron chi connectivity index (χ3n) is 8.71. The molecule has 0 aromatic rings. The number of fused-ring (bicyclic) bond motifs is 5. The fourth-order valence-electron chi connectivity index (χ4n) is 7.39. The van der Waals surface area contributed by atoms with Gasteiger partial charge in [0.15, 0.2) is 11.6 Å². The Labute approximate surface area is 164 Å². The highest BCUT2D eigenvalue weighted by Gasteiger charge is 2.59. The summed E-state index contributed by atoms with van der Waals surface area (Å²) < 4.78 is 12.2. The van der Waals surface area contributed by atoms with Crippen LogP contribution in [0.15, 0.2) is 11.6 Å². The van der Waals surface area contributed by atoms with Crippen LogP contribution in [0.1, 0.15) is 65.2 Å². The minimum atomic E-state index is -2.14. The van der Waals surface area contributed by atoms with Crippen LogP contribution < -0.4 is 0 Å². The van der Waals surface area contributed by atoms with Crippen LogP contribution in [-0.2, 0) is 19.1 Å². The summed E-state index contributed by atoms with van der Waals surface area (Å²) in [5, 5.41) is 1.52. The van der Waals surface area contributed by atoms with E-state index >= 15 is 0 Å². The minimum absolute atomic E-state index is 0.0434. The second-order valence-electron chi connectivity index (χ2n) is 10.5. The first-order valence-corrected chi connectivity index (χ1v) is 13.0. The van der Waals surface area contributed by atoms with Crippen LogP contribution in [0.4, 0.5) is 0 Å². The quantitative estimate of drug-likeness (QED) is 0.669. The molecule has 0 spiro atoms. The maximum atomic E-state index is 12.9. The largest absolute Gasteiger partial charge is 0.295 e. The van der Waals surface area contributed by atoms with Crippen LogP contribution in [0.3, 0.4) is 0 Å². The van der Waals surface area contributed by atoms with Crippen LogP contribution in [-0.4, -0.2) is 33.7 Å². The molecule has 3 fully saturated rings. The fourth-order valence-corrected chi connectivity index (χ4v) is 8.11. The normalized spacial score (nSPS) is 44.0. The molecule has 4 heteroatoms. The maximum Gasteiger partial charge on any atom is 0.167 e. The van der Waals surface area contributed by atoms with Crippen LogP contribution in [0.2, 0.25) is 0 Å². The lowest BCUT2D eigenvalue weighted by Crippen LogP contribution is -2.51. The summed E-state index contributed by atoms with van der Waals surface area (Å²) in [4.78, 5) is 24.9. The topological polar surface area (TPSA) is 51.2 Å². The molecule has 0 aromatic heterocycles. The average Bonchev–Trinajstić information content (AvgIpc) is 2.91. The van der Waals surface area contributed by atoms with Gasteiger partial charge in [0.05, 0.1) is 0 Å². The third kappa shape index (κ3) is 3.07. The molecule has 27 heavy (non-hydrogen) atoms. The van der Waals surface area contributed by atoms with Gasteiger partial charge in [0.25, 0.3) is 0 Å². The molecule has 0 unspecified atom stereocenters. The van der Waals surface area contributed by atoms with Crippen molar-refractivity contribution in [3.05, 3.63) is 11.6 Å². The van der Waals surface area contributed by atoms with Crippen molar-refractivity contribution in [3.8, 4) is 0 Å². The summed E-state index contributed by atoms with van der Waals surface area (Å²) in [7, 11) is -2.14. The van der Waals surface area contributed by atoms with E-state index in [-0.39, 0.29) is 22.5 Å². The first-order chi connectivity index (χ1) is 12.5. The molecule has 0 N–H and O–H groups in total. The number of hydrogen-bond donors (Lipinski definition) is 0. The van der Waals surface area contributed by atoms with Crippen LogP contribution in [0.25, 0.3) is 0 Å². The summed E-state index contributed by atoms with van der Waals surface area (Å²) >= 11 is 0. The molecular formula is C23H34O3S. The van der Waals surface area contributed by atoms with Crippen molar-refractivity contribution in [2.45, 2.75) is 65.2 Å². The molecule has 3 saturated carbocycles. The Hall–Kier alpha value is -0.900. The van der Waals surface area contributed by atoms with Gasteiger partial charge >= 0.3 is 0 Å². The summed E-state index contributed by atoms with van der Waals surface area (Å²) in [5.74, 6) is 2.40. The summed E-state index contributed by atoms with van der Waals surface area (Å²) in [6.45, 7) is 4.74. The standard InChI is InChI=1S/C23H34O3S/c1-22-11-9-16(24)13-15(22)5-6-17-18-7-8-20(21(25)14-27(3,4)26)23(18,2)12-10-19(17)22/h13-14,17-20H,5-12H2,1-4H3/t17-,18-,19-,20+,22-,23-/m0/s1. The minimum Gasteiger partial charge on any atom is -0.295 e. The zero-order valence-electron chi connectivity index (χ0n) is 17.3. The van der Waals surface area contributed by atoms with Gasteiger partial charge in [-0.15, -0.1) is 0 Å². The number of carbonyl (C=O) groups is 2. The van der Waals surface area contributed by atoms with Crippen LogP contribution in [0, 0.1) is 34.5 Å². The Morgan fingerprint density at radius 2 is 1.81 bits per heavy atom. The van der Waals surface area contributed by atoms with Crippen molar-refractivity contribution in [1.82, 2.24) is 0 Å². The van der Waals surface area contributed by atoms with Gasteiger partial charge in [-0.25, -0.2) is 0 Å². The van der Waals surface area contributed by atoms with Crippen LogP contribution >= 0.6 is 0 Å². The average molecular weight is 391 g/mol. The van der Waals surface area contributed by atoms with Gasteiger partial charge in [-0.2, -0.15) is 0 Å². The Morgan fingerprint density at radius 3 is 2.52 bits per heavy atom. The van der Waals surface area contributed by atoms with E-state index in [9.17, 15) is 13.8 Å². The van der Waals surface area contributed by atoms with Crippen molar-refractivity contribution < 1.29 is 13.8 Å². The zero-order chi connectivity index (χ0) is 19.6. The molecule has 3 nitrogen and oxygen atoms in total. The van der Waals surface area contributed by atoms with E-state index in [0.29, 0.717) is 30.0 Å². The predicted octanol–water partition coefficient (Wildman–Crippen LogP) is 4.05. The van der Waals surface area contributed by atoms with Gasteiger partial charge < -0.3 is 0 Å². The monoisotopic (exact) mass is 390 g/mol. The van der Waals surface area contributed by atoms with Crippen LogP contribution in [0.5, 0.6) is 0 Å². The molecule has 0 amide bonds. The van der Waals surface area contributed by atoms with E-state index in [1.54, 1.807) is 12.5 Å². The Kier molecular flexibility index (Phi) is 4.53. The second-order valence-corrected chi connectivity index (χ2v) is 13.3. The van der Waals surface area contributed by atoms with Gasteiger partial charge in [0.2, 0.25) is 0 Å². The smallest absolute Gasteiger partial charge is 0.167 e. The fraction of sp³-hybridized carbons (Fsp3) is 0.783. The van der Waals surface area contributed by atoms with Gasteiger partial charge in [-0.3, -0.25) is 13.8 Å². The first kappa shape index (κ1) is 19.4. The number of rotatable bonds is 2. The summed E-state index contributed by atoms with van der Waals surface area (Å²) in [6, 6.07) is 0. The number of Topliss-reactive ketones (excluding diaryl/α,β-unsaturated/α-hetero) is 1. The second kappa shape index (κ2) is 6.30. The number of carbonyl (C=O) groups excluding carboxylic acids is 2. The third-order valence-corrected chi connectivity index (χ3v) is 9.51. The molecule has 0 bridgehead atoms. The first-order valence-electron chi connectivity index (χ1n) is 10.6. The molecular weight excluding hydrogens is 356 g/mol. The molecule has 6 atom stereocenters.